The number of hydrogen-bond donors (Lipinski definition) is 1. The Hall–Kier alpha value is -3.58. The second-order valence-electron chi connectivity index (χ2n) is 7.48. The Labute approximate surface area is 190 Å². The maximum Gasteiger partial charge on any atom is 0.278 e. The van der Waals surface area contributed by atoms with E-state index in [1.165, 1.54) is 4.31 Å². The van der Waals surface area contributed by atoms with Crippen LogP contribution >= 0.6 is 11.9 Å². The number of amides is 2. The molecule has 0 aliphatic heterocycles. The number of aromatic nitrogens is 1. The van der Waals surface area contributed by atoms with Gasteiger partial charge in [-0.25, -0.2) is 9.29 Å². The van der Waals surface area contributed by atoms with Gasteiger partial charge in [-0.2, -0.15) is 0 Å². The van der Waals surface area contributed by atoms with Gasteiger partial charge in [0.1, 0.15) is 5.52 Å². The molecule has 0 unspecified atom stereocenters. The Balaban J connectivity index is 1.47. The molecule has 0 aliphatic carbocycles. The average Bonchev–Trinajstić information content (AvgIpc) is 3.21. The van der Waals surface area contributed by atoms with Crippen molar-refractivity contribution in [3.05, 3.63) is 83.9 Å². The lowest BCUT2D eigenvalue weighted by Gasteiger charge is -2.19. The van der Waals surface area contributed by atoms with Crippen LogP contribution < -0.4 is 9.62 Å². The summed E-state index contributed by atoms with van der Waals surface area (Å²) < 4.78 is 7.32. The summed E-state index contributed by atoms with van der Waals surface area (Å²) in [6.45, 7) is 3.97. The standard InChI is InChI=1S/C25H23N3O3S/c1-17-7-11-19(12-8-17)26-23(29)15-16-24(30)28(20-13-9-18(2)10-14-20)32-25-27-21-5-3-4-6-22(21)31-25/h3-14H,15-16H2,1-2H3,(H,26,29). The molecule has 162 valence electrons. The van der Waals surface area contributed by atoms with E-state index in [1.807, 2.05) is 86.6 Å². The molecule has 0 spiro atoms. The molecule has 0 atom stereocenters. The van der Waals surface area contributed by atoms with E-state index in [0.29, 0.717) is 22.2 Å². The zero-order valence-corrected chi connectivity index (χ0v) is 18.7. The molecule has 1 heterocycles. The van der Waals surface area contributed by atoms with Crippen molar-refractivity contribution in [3.8, 4) is 0 Å². The predicted octanol–water partition coefficient (Wildman–Crippen LogP) is 5.90. The number of rotatable bonds is 7. The number of hydrogen-bond acceptors (Lipinski definition) is 5. The summed E-state index contributed by atoms with van der Waals surface area (Å²) in [6.07, 6.45) is 0.127. The van der Waals surface area contributed by atoms with Crippen molar-refractivity contribution in [2.75, 3.05) is 9.62 Å². The largest absolute Gasteiger partial charge is 0.430 e. The van der Waals surface area contributed by atoms with Crippen LogP contribution in [0.15, 0.2) is 82.4 Å². The molecule has 3 aromatic carbocycles. The number of oxazole rings is 1. The van der Waals surface area contributed by atoms with Crippen molar-refractivity contribution >= 4 is 46.2 Å². The van der Waals surface area contributed by atoms with Gasteiger partial charge in [0.2, 0.25) is 11.8 Å². The molecule has 1 aromatic heterocycles. The number of carbonyl (C=O) groups excluding carboxylic acids is 2. The monoisotopic (exact) mass is 445 g/mol. The number of nitrogens with zero attached hydrogens (tertiary/aromatic N) is 2. The van der Waals surface area contributed by atoms with Crippen molar-refractivity contribution in [3.63, 3.8) is 0 Å². The summed E-state index contributed by atoms with van der Waals surface area (Å²) in [5.74, 6) is -0.418. The van der Waals surface area contributed by atoms with Crippen molar-refractivity contribution in [2.45, 2.75) is 31.9 Å². The molecule has 4 rings (SSSR count). The molecular weight excluding hydrogens is 422 g/mol. The van der Waals surface area contributed by atoms with Crippen molar-refractivity contribution in [2.24, 2.45) is 0 Å². The van der Waals surface area contributed by atoms with E-state index in [2.05, 4.69) is 10.3 Å². The van der Waals surface area contributed by atoms with Crippen molar-refractivity contribution in [1.29, 1.82) is 0 Å². The van der Waals surface area contributed by atoms with Crippen LogP contribution in [0.1, 0.15) is 24.0 Å². The smallest absolute Gasteiger partial charge is 0.278 e. The van der Waals surface area contributed by atoms with Gasteiger partial charge in [-0.3, -0.25) is 9.59 Å². The average molecular weight is 446 g/mol. The first-order valence-corrected chi connectivity index (χ1v) is 11.0. The molecule has 0 saturated carbocycles. The van der Waals surface area contributed by atoms with Gasteiger partial charge < -0.3 is 9.73 Å². The van der Waals surface area contributed by atoms with Gasteiger partial charge in [0.05, 0.1) is 17.6 Å². The fraction of sp³-hybridized carbons (Fsp3) is 0.160. The summed E-state index contributed by atoms with van der Waals surface area (Å²) in [5, 5.41) is 3.20. The molecular formula is C25H23N3O3S. The summed E-state index contributed by atoms with van der Waals surface area (Å²) in [4.78, 5) is 29.9. The molecule has 6 nitrogen and oxygen atoms in total. The number of benzene rings is 3. The van der Waals surface area contributed by atoms with Gasteiger partial charge in [-0.15, -0.1) is 0 Å². The number of fused-ring (bicyclic) bond motifs is 1. The highest BCUT2D eigenvalue weighted by molar-refractivity contribution is 8.01. The number of carbonyl (C=O) groups is 2. The highest BCUT2D eigenvalue weighted by Gasteiger charge is 2.21. The van der Waals surface area contributed by atoms with E-state index < -0.39 is 0 Å². The Morgan fingerprint density at radius 1 is 0.906 bits per heavy atom. The van der Waals surface area contributed by atoms with Gasteiger partial charge in [0, 0.05) is 18.5 Å². The first kappa shape index (κ1) is 21.6. The molecule has 4 aromatic rings. The molecule has 2 amide bonds. The highest BCUT2D eigenvalue weighted by atomic mass is 32.2. The van der Waals surface area contributed by atoms with Crippen LogP contribution in [0, 0.1) is 13.8 Å². The van der Waals surface area contributed by atoms with E-state index in [0.717, 1.165) is 28.6 Å². The summed E-state index contributed by atoms with van der Waals surface area (Å²) >= 11 is 1.11. The van der Waals surface area contributed by atoms with Crippen LogP contribution in [0.3, 0.4) is 0 Å². The van der Waals surface area contributed by atoms with E-state index in [-0.39, 0.29) is 24.7 Å². The molecule has 0 radical (unpaired) electrons. The minimum atomic E-state index is -0.210. The molecule has 0 bridgehead atoms. The van der Waals surface area contributed by atoms with Gasteiger partial charge in [0.25, 0.3) is 5.22 Å². The number of anilines is 2. The SMILES string of the molecule is Cc1ccc(NC(=O)CCC(=O)N(Sc2nc3ccccc3o2)c2ccc(C)cc2)cc1. The van der Waals surface area contributed by atoms with Gasteiger partial charge in [-0.05, 0) is 50.2 Å². The maximum atomic E-state index is 13.1. The number of aryl methyl sites for hydroxylation is 2. The van der Waals surface area contributed by atoms with Crippen LogP contribution in [0.25, 0.3) is 11.1 Å². The summed E-state index contributed by atoms with van der Waals surface area (Å²) in [6, 6.07) is 22.6. The van der Waals surface area contributed by atoms with Crippen LogP contribution in [-0.4, -0.2) is 16.8 Å². The third-order valence-electron chi connectivity index (χ3n) is 4.84. The van der Waals surface area contributed by atoms with E-state index in [1.54, 1.807) is 0 Å². The summed E-state index contributed by atoms with van der Waals surface area (Å²) in [7, 11) is 0. The van der Waals surface area contributed by atoms with Gasteiger partial charge >= 0.3 is 0 Å². The normalized spacial score (nSPS) is 10.8. The molecule has 1 N–H and O–H groups in total. The lowest BCUT2D eigenvalue weighted by Crippen LogP contribution is -2.25. The Morgan fingerprint density at radius 3 is 2.25 bits per heavy atom. The molecule has 0 saturated heterocycles. The van der Waals surface area contributed by atoms with E-state index in [4.69, 9.17) is 4.42 Å². The Kier molecular flexibility index (Phi) is 6.56. The highest BCUT2D eigenvalue weighted by Crippen LogP contribution is 2.31. The Bertz CT molecular complexity index is 1200. The van der Waals surface area contributed by atoms with Crippen LogP contribution in [0.4, 0.5) is 11.4 Å². The second-order valence-corrected chi connectivity index (χ2v) is 8.37. The maximum absolute atomic E-state index is 13.1. The third kappa shape index (κ3) is 5.36. The van der Waals surface area contributed by atoms with Crippen molar-refractivity contribution < 1.29 is 14.0 Å². The minimum Gasteiger partial charge on any atom is -0.430 e. The van der Waals surface area contributed by atoms with E-state index >= 15 is 0 Å². The van der Waals surface area contributed by atoms with Gasteiger partial charge in [-0.1, -0.05) is 47.5 Å². The second kappa shape index (κ2) is 9.70. The molecule has 0 fully saturated rings. The number of para-hydroxylation sites is 2. The number of nitrogens with one attached hydrogen (secondary N) is 1. The van der Waals surface area contributed by atoms with Crippen LogP contribution in [0.2, 0.25) is 0 Å². The van der Waals surface area contributed by atoms with Gasteiger partial charge in [0.15, 0.2) is 5.58 Å². The van der Waals surface area contributed by atoms with Crippen molar-refractivity contribution in [1.82, 2.24) is 4.98 Å². The summed E-state index contributed by atoms with van der Waals surface area (Å²) in [5.41, 5.74) is 5.00. The zero-order valence-electron chi connectivity index (χ0n) is 17.9. The molecule has 0 aliphatic rings. The molecule has 32 heavy (non-hydrogen) atoms. The lowest BCUT2D eigenvalue weighted by molar-refractivity contribution is -0.121. The zero-order chi connectivity index (χ0) is 22.5. The van der Waals surface area contributed by atoms with Crippen LogP contribution in [-0.2, 0) is 9.59 Å². The molecule has 7 heteroatoms. The quantitative estimate of drug-likeness (QED) is 0.358. The third-order valence-corrected chi connectivity index (χ3v) is 5.77. The van der Waals surface area contributed by atoms with E-state index in [9.17, 15) is 9.59 Å². The predicted molar refractivity (Wildman–Crippen MR) is 128 cm³/mol. The van der Waals surface area contributed by atoms with Crippen LogP contribution in [0.5, 0.6) is 0 Å². The Morgan fingerprint density at radius 2 is 1.56 bits per heavy atom. The fourth-order valence-electron chi connectivity index (χ4n) is 3.08. The fourth-order valence-corrected chi connectivity index (χ4v) is 3.92. The first-order chi connectivity index (χ1) is 15.5. The lowest BCUT2D eigenvalue weighted by atomic mass is 10.2. The first-order valence-electron chi connectivity index (χ1n) is 10.3. The minimum absolute atomic E-state index is 0.0544. The topological polar surface area (TPSA) is 75.4 Å².